The fourth-order valence-corrected chi connectivity index (χ4v) is 1.95. The fraction of sp³-hybridized carbons (Fsp3) is 0.231. The topological polar surface area (TPSA) is 88.8 Å². The minimum atomic E-state index is 0.150. The second-order valence-corrected chi connectivity index (χ2v) is 4.23. The third-order valence-electron chi connectivity index (χ3n) is 2.90. The maximum atomic E-state index is 8.82. The van der Waals surface area contributed by atoms with Crippen molar-refractivity contribution < 1.29 is 5.11 Å². The summed E-state index contributed by atoms with van der Waals surface area (Å²) in [4.78, 5) is 12.5. The van der Waals surface area contributed by atoms with E-state index in [0.29, 0.717) is 13.0 Å². The summed E-state index contributed by atoms with van der Waals surface area (Å²) in [5, 5.41) is 17.2. The van der Waals surface area contributed by atoms with Crippen molar-refractivity contribution in [3.05, 3.63) is 37.1 Å². The molecule has 0 spiro atoms. The second-order valence-electron chi connectivity index (χ2n) is 4.23. The van der Waals surface area contributed by atoms with Crippen molar-refractivity contribution in [1.82, 2.24) is 24.7 Å². The highest BCUT2D eigenvalue weighted by molar-refractivity contribution is 5.87. The lowest BCUT2D eigenvalue weighted by Crippen LogP contribution is -2.06. The lowest BCUT2D eigenvalue weighted by atomic mass is 10.3. The monoisotopic (exact) mass is 270 g/mol. The normalized spacial score (nSPS) is 10.8. The van der Waals surface area contributed by atoms with Gasteiger partial charge < -0.3 is 10.4 Å². The number of aromatic nitrogens is 5. The first-order chi connectivity index (χ1) is 9.90. The van der Waals surface area contributed by atoms with Gasteiger partial charge in [-0.2, -0.15) is 5.10 Å². The molecular formula is C13H14N6O. The molecule has 7 nitrogen and oxygen atoms in total. The molecule has 7 heteroatoms. The molecule has 3 rings (SSSR count). The summed E-state index contributed by atoms with van der Waals surface area (Å²) < 4.78 is 1.75. The van der Waals surface area contributed by atoms with Crippen LogP contribution in [0.2, 0.25) is 0 Å². The van der Waals surface area contributed by atoms with Gasteiger partial charge in [0.05, 0.1) is 17.3 Å². The van der Waals surface area contributed by atoms with E-state index < -0.39 is 0 Å². The largest absolute Gasteiger partial charge is 0.396 e. The van der Waals surface area contributed by atoms with Gasteiger partial charge in [0.25, 0.3) is 0 Å². The Morgan fingerprint density at radius 2 is 2.05 bits per heavy atom. The lowest BCUT2D eigenvalue weighted by Gasteiger charge is -2.05. The molecule has 3 heterocycles. The summed E-state index contributed by atoms with van der Waals surface area (Å²) >= 11 is 0. The Morgan fingerprint density at radius 3 is 2.85 bits per heavy atom. The van der Waals surface area contributed by atoms with E-state index in [1.165, 1.54) is 6.33 Å². The van der Waals surface area contributed by atoms with E-state index in [-0.39, 0.29) is 6.61 Å². The predicted octanol–water partition coefficient (Wildman–Crippen LogP) is 1.00. The maximum Gasteiger partial charge on any atom is 0.168 e. The predicted molar refractivity (Wildman–Crippen MR) is 74.6 cm³/mol. The molecule has 0 radical (unpaired) electrons. The molecule has 0 saturated carbocycles. The van der Waals surface area contributed by atoms with Crippen molar-refractivity contribution in [2.24, 2.45) is 0 Å². The van der Waals surface area contributed by atoms with Crippen LogP contribution >= 0.6 is 0 Å². The second kappa shape index (κ2) is 5.62. The molecule has 102 valence electrons. The Morgan fingerprint density at radius 1 is 1.20 bits per heavy atom. The van der Waals surface area contributed by atoms with E-state index >= 15 is 0 Å². The van der Waals surface area contributed by atoms with Crippen molar-refractivity contribution in [3.63, 3.8) is 0 Å². The Balaban J connectivity index is 1.99. The van der Waals surface area contributed by atoms with E-state index in [1.54, 1.807) is 23.3 Å². The molecule has 0 fully saturated rings. The van der Waals surface area contributed by atoms with E-state index in [4.69, 9.17) is 5.11 Å². The molecule has 0 bridgehead atoms. The zero-order valence-corrected chi connectivity index (χ0v) is 10.8. The van der Waals surface area contributed by atoms with Gasteiger partial charge in [0.15, 0.2) is 5.65 Å². The number of hydrogen-bond acceptors (Lipinski definition) is 6. The van der Waals surface area contributed by atoms with E-state index in [9.17, 15) is 0 Å². The highest BCUT2D eigenvalue weighted by atomic mass is 16.3. The van der Waals surface area contributed by atoms with Gasteiger partial charge in [0.2, 0.25) is 0 Å². The van der Waals surface area contributed by atoms with Crippen LogP contribution in [0.15, 0.2) is 37.1 Å². The number of nitrogens with zero attached hydrogens (tertiary/aromatic N) is 5. The zero-order chi connectivity index (χ0) is 13.8. The van der Waals surface area contributed by atoms with Crippen molar-refractivity contribution >= 4 is 16.9 Å². The molecule has 0 aliphatic rings. The zero-order valence-electron chi connectivity index (χ0n) is 10.8. The minimum Gasteiger partial charge on any atom is -0.396 e. The molecule has 0 saturated heterocycles. The molecule has 0 aromatic carbocycles. The summed E-state index contributed by atoms with van der Waals surface area (Å²) in [5.74, 6) is 0.726. The highest BCUT2D eigenvalue weighted by Crippen LogP contribution is 2.21. The highest BCUT2D eigenvalue weighted by Gasteiger charge is 2.10. The van der Waals surface area contributed by atoms with Crippen molar-refractivity contribution in [1.29, 1.82) is 0 Å². The van der Waals surface area contributed by atoms with Crippen LogP contribution in [0, 0.1) is 0 Å². The molecule has 20 heavy (non-hydrogen) atoms. The SMILES string of the molecule is OCCCNc1ncnc2c1cnn2-c1ccncc1. The summed E-state index contributed by atoms with van der Waals surface area (Å²) in [5.41, 5.74) is 1.63. The average molecular weight is 270 g/mol. The molecule has 0 amide bonds. The smallest absolute Gasteiger partial charge is 0.168 e. The molecular weight excluding hydrogens is 256 g/mol. The van der Waals surface area contributed by atoms with Gasteiger partial charge in [-0.15, -0.1) is 0 Å². The number of aliphatic hydroxyl groups is 1. The third kappa shape index (κ3) is 2.30. The molecule has 0 unspecified atom stereocenters. The Labute approximate surface area is 115 Å². The minimum absolute atomic E-state index is 0.150. The van der Waals surface area contributed by atoms with Gasteiger partial charge >= 0.3 is 0 Å². The lowest BCUT2D eigenvalue weighted by molar-refractivity contribution is 0.292. The first-order valence-corrected chi connectivity index (χ1v) is 6.34. The average Bonchev–Trinajstić information content (AvgIpc) is 2.93. The number of rotatable bonds is 5. The Kier molecular flexibility index (Phi) is 3.51. The van der Waals surface area contributed by atoms with E-state index in [0.717, 1.165) is 22.5 Å². The van der Waals surface area contributed by atoms with Crippen LogP contribution in [0.25, 0.3) is 16.7 Å². The molecule has 0 aliphatic heterocycles. The van der Waals surface area contributed by atoms with Gasteiger partial charge in [-0.3, -0.25) is 4.98 Å². The Bertz CT molecular complexity index is 696. The quantitative estimate of drug-likeness (QED) is 0.672. The van der Waals surface area contributed by atoms with Crippen molar-refractivity contribution in [2.45, 2.75) is 6.42 Å². The first-order valence-electron chi connectivity index (χ1n) is 6.34. The van der Waals surface area contributed by atoms with Crippen LogP contribution in [-0.4, -0.2) is 43.0 Å². The number of anilines is 1. The molecule has 3 aromatic heterocycles. The van der Waals surface area contributed by atoms with Gasteiger partial charge in [0.1, 0.15) is 12.1 Å². The summed E-state index contributed by atoms with van der Waals surface area (Å²) in [6.45, 7) is 0.806. The summed E-state index contributed by atoms with van der Waals surface area (Å²) in [7, 11) is 0. The number of fused-ring (bicyclic) bond motifs is 1. The van der Waals surface area contributed by atoms with Crippen LogP contribution in [0.4, 0.5) is 5.82 Å². The number of pyridine rings is 1. The van der Waals surface area contributed by atoms with Crippen LogP contribution in [-0.2, 0) is 0 Å². The summed E-state index contributed by atoms with van der Waals surface area (Å²) in [6, 6.07) is 3.74. The van der Waals surface area contributed by atoms with Gasteiger partial charge in [-0.05, 0) is 18.6 Å². The number of hydrogen-bond donors (Lipinski definition) is 2. The standard InChI is InChI=1S/C13H14N6O/c20-7-1-4-15-12-11-8-18-19(13(11)17-9-16-12)10-2-5-14-6-3-10/h2-3,5-6,8-9,20H,1,4,7H2,(H,15,16,17). The first kappa shape index (κ1) is 12.5. The molecule has 0 atom stereocenters. The van der Waals surface area contributed by atoms with Crippen molar-refractivity contribution in [3.8, 4) is 5.69 Å². The van der Waals surface area contributed by atoms with E-state index in [1.807, 2.05) is 12.1 Å². The van der Waals surface area contributed by atoms with Gasteiger partial charge in [-0.1, -0.05) is 0 Å². The van der Waals surface area contributed by atoms with Gasteiger partial charge in [0, 0.05) is 25.5 Å². The Hall–Kier alpha value is -2.54. The molecule has 2 N–H and O–H groups in total. The van der Waals surface area contributed by atoms with Crippen molar-refractivity contribution in [2.75, 3.05) is 18.5 Å². The number of nitrogens with one attached hydrogen (secondary N) is 1. The van der Waals surface area contributed by atoms with Crippen LogP contribution < -0.4 is 5.32 Å². The fourth-order valence-electron chi connectivity index (χ4n) is 1.95. The summed E-state index contributed by atoms with van der Waals surface area (Å²) in [6.07, 6.45) is 7.33. The third-order valence-corrected chi connectivity index (χ3v) is 2.90. The van der Waals surface area contributed by atoms with Crippen LogP contribution in [0.5, 0.6) is 0 Å². The van der Waals surface area contributed by atoms with E-state index in [2.05, 4.69) is 25.4 Å². The van der Waals surface area contributed by atoms with Crippen LogP contribution in [0.3, 0.4) is 0 Å². The van der Waals surface area contributed by atoms with Gasteiger partial charge in [-0.25, -0.2) is 14.6 Å². The number of aliphatic hydroxyl groups excluding tert-OH is 1. The maximum absolute atomic E-state index is 8.82. The van der Waals surface area contributed by atoms with Crippen LogP contribution in [0.1, 0.15) is 6.42 Å². The molecule has 0 aliphatic carbocycles. The molecule has 3 aromatic rings.